The van der Waals surface area contributed by atoms with E-state index in [2.05, 4.69) is 20.0 Å². The van der Waals surface area contributed by atoms with E-state index >= 15 is 0 Å². The molecule has 1 aromatic carbocycles. The lowest BCUT2D eigenvalue weighted by molar-refractivity contribution is 0.599. The van der Waals surface area contributed by atoms with Gasteiger partial charge in [0.25, 0.3) is 10.0 Å². The van der Waals surface area contributed by atoms with E-state index in [4.69, 9.17) is 0 Å². The first-order valence-electron chi connectivity index (χ1n) is 6.34. The molecule has 7 nitrogen and oxygen atoms in total. The van der Waals surface area contributed by atoms with Crippen molar-refractivity contribution in [1.29, 1.82) is 0 Å². The van der Waals surface area contributed by atoms with Gasteiger partial charge >= 0.3 is 0 Å². The molecule has 0 bridgehead atoms. The number of aromatic nitrogens is 4. The van der Waals surface area contributed by atoms with Crippen molar-refractivity contribution in [3.05, 3.63) is 35.8 Å². The van der Waals surface area contributed by atoms with Crippen molar-refractivity contribution in [2.45, 2.75) is 18.7 Å². The SMILES string of the molecule is Cc1nn(C)c(C)c1S(=O)(=O)Nc1ccc2cn[nH]c2c1. The summed E-state index contributed by atoms with van der Waals surface area (Å²) in [4.78, 5) is 0.217. The van der Waals surface area contributed by atoms with Crippen LogP contribution >= 0.6 is 0 Å². The maximum Gasteiger partial charge on any atom is 0.265 e. The van der Waals surface area contributed by atoms with Crippen LogP contribution in [0.4, 0.5) is 5.69 Å². The molecule has 0 aliphatic heterocycles. The van der Waals surface area contributed by atoms with Crippen LogP contribution in [0.2, 0.25) is 0 Å². The van der Waals surface area contributed by atoms with Crippen molar-refractivity contribution in [2.75, 3.05) is 4.72 Å². The van der Waals surface area contributed by atoms with E-state index in [1.165, 1.54) is 0 Å². The van der Waals surface area contributed by atoms with Crippen molar-refractivity contribution >= 4 is 26.6 Å². The number of hydrogen-bond donors (Lipinski definition) is 2. The van der Waals surface area contributed by atoms with Gasteiger partial charge in [0.2, 0.25) is 0 Å². The fraction of sp³-hybridized carbons (Fsp3) is 0.231. The molecule has 21 heavy (non-hydrogen) atoms. The summed E-state index contributed by atoms with van der Waals surface area (Å²) in [5, 5.41) is 11.8. The summed E-state index contributed by atoms with van der Waals surface area (Å²) in [6.07, 6.45) is 1.68. The van der Waals surface area contributed by atoms with Crippen LogP contribution in [0.5, 0.6) is 0 Å². The Morgan fingerprint density at radius 3 is 2.71 bits per heavy atom. The van der Waals surface area contributed by atoms with E-state index < -0.39 is 10.0 Å². The Labute approximate surface area is 122 Å². The van der Waals surface area contributed by atoms with E-state index in [1.807, 2.05) is 0 Å². The second-order valence-corrected chi connectivity index (χ2v) is 6.52. The zero-order valence-corrected chi connectivity index (χ0v) is 12.7. The third-order valence-electron chi connectivity index (χ3n) is 3.41. The number of H-pyrrole nitrogens is 1. The molecule has 3 rings (SSSR count). The van der Waals surface area contributed by atoms with Gasteiger partial charge < -0.3 is 0 Å². The topological polar surface area (TPSA) is 92.7 Å². The van der Waals surface area contributed by atoms with E-state index in [0.717, 1.165) is 10.9 Å². The molecule has 0 saturated heterocycles. The van der Waals surface area contributed by atoms with Gasteiger partial charge in [-0.2, -0.15) is 10.2 Å². The predicted molar refractivity (Wildman–Crippen MR) is 79.6 cm³/mol. The van der Waals surface area contributed by atoms with Crippen LogP contribution in [-0.2, 0) is 17.1 Å². The highest BCUT2D eigenvalue weighted by molar-refractivity contribution is 7.92. The van der Waals surface area contributed by atoms with Crippen molar-refractivity contribution in [2.24, 2.45) is 7.05 Å². The minimum atomic E-state index is -3.67. The molecule has 0 aliphatic rings. The molecule has 0 spiro atoms. The smallest absolute Gasteiger partial charge is 0.265 e. The molecule has 0 saturated carbocycles. The lowest BCUT2D eigenvalue weighted by Crippen LogP contribution is -2.14. The van der Waals surface area contributed by atoms with Gasteiger partial charge in [0.1, 0.15) is 4.90 Å². The molecule has 0 amide bonds. The van der Waals surface area contributed by atoms with E-state index in [-0.39, 0.29) is 4.90 Å². The maximum absolute atomic E-state index is 12.5. The number of nitrogens with one attached hydrogen (secondary N) is 2. The number of aryl methyl sites for hydroxylation is 2. The second-order valence-electron chi connectivity index (χ2n) is 4.90. The molecular formula is C13H15N5O2S. The molecule has 0 radical (unpaired) electrons. The van der Waals surface area contributed by atoms with Gasteiger partial charge in [-0.3, -0.25) is 14.5 Å². The van der Waals surface area contributed by atoms with E-state index in [1.54, 1.807) is 50.0 Å². The van der Waals surface area contributed by atoms with Gasteiger partial charge in [-0.05, 0) is 32.0 Å². The van der Waals surface area contributed by atoms with Crippen molar-refractivity contribution in [3.8, 4) is 0 Å². The minimum absolute atomic E-state index is 0.217. The Bertz CT molecular complexity index is 923. The molecule has 0 atom stereocenters. The summed E-state index contributed by atoms with van der Waals surface area (Å²) in [6.45, 7) is 3.41. The molecule has 110 valence electrons. The van der Waals surface area contributed by atoms with Gasteiger partial charge in [-0.25, -0.2) is 8.42 Å². The van der Waals surface area contributed by atoms with Crippen LogP contribution in [0, 0.1) is 13.8 Å². The number of aromatic amines is 1. The van der Waals surface area contributed by atoms with Gasteiger partial charge in [0.15, 0.2) is 0 Å². The molecule has 0 unspecified atom stereocenters. The number of anilines is 1. The summed E-state index contributed by atoms with van der Waals surface area (Å²) >= 11 is 0. The summed E-state index contributed by atoms with van der Waals surface area (Å²) in [6, 6.07) is 5.22. The maximum atomic E-state index is 12.5. The number of nitrogens with zero attached hydrogens (tertiary/aromatic N) is 3. The number of sulfonamides is 1. The van der Waals surface area contributed by atoms with E-state index in [9.17, 15) is 8.42 Å². The molecule has 0 aliphatic carbocycles. The van der Waals surface area contributed by atoms with Gasteiger partial charge in [0.05, 0.1) is 28.8 Å². The van der Waals surface area contributed by atoms with Crippen LogP contribution in [0.3, 0.4) is 0 Å². The highest BCUT2D eigenvalue weighted by atomic mass is 32.2. The summed E-state index contributed by atoms with van der Waals surface area (Å²) in [7, 11) is -1.95. The standard InChI is InChI=1S/C13H15N5O2S/c1-8-13(9(2)18(3)16-8)21(19,20)17-11-5-4-10-7-14-15-12(10)6-11/h4-7,17H,1-3H3,(H,14,15). The third-order valence-corrected chi connectivity index (χ3v) is 5.04. The average Bonchev–Trinajstić information content (AvgIpc) is 2.94. The largest absolute Gasteiger partial charge is 0.279 e. The van der Waals surface area contributed by atoms with Crippen LogP contribution in [-0.4, -0.2) is 28.4 Å². The molecule has 3 aromatic rings. The average molecular weight is 305 g/mol. The molecule has 0 fully saturated rings. The zero-order chi connectivity index (χ0) is 15.2. The minimum Gasteiger partial charge on any atom is -0.279 e. The van der Waals surface area contributed by atoms with Crippen LogP contribution < -0.4 is 4.72 Å². The van der Waals surface area contributed by atoms with Crippen LogP contribution in [0.1, 0.15) is 11.4 Å². The zero-order valence-electron chi connectivity index (χ0n) is 11.9. The first kappa shape index (κ1) is 13.6. The molecule has 2 N–H and O–H groups in total. The molecule has 8 heteroatoms. The monoisotopic (exact) mass is 305 g/mol. The Morgan fingerprint density at radius 1 is 1.29 bits per heavy atom. The first-order valence-corrected chi connectivity index (χ1v) is 7.83. The lowest BCUT2D eigenvalue weighted by atomic mass is 10.2. The van der Waals surface area contributed by atoms with E-state index in [0.29, 0.717) is 17.1 Å². The second kappa shape index (κ2) is 4.59. The number of fused-ring (bicyclic) bond motifs is 1. The highest BCUT2D eigenvalue weighted by Crippen LogP contribution is 2.23. The van der Waals surface area contributed by atoms with Crippen molar-refractivity contribution in [3.63, 3.8) is 0 Å². The fourth-order valence-corrected chi connectivity index (χ4v) is 3.84. The van der Waals surface area contributed by atoms with Gasteiger partial charge in [0, 0.05) is 12.4 Å². The van der Waals surface area contributed by atoms with Gasteiger partial charge in [-0.15, -0.1) is 0 Å². The Kier molecular flexibility index (Phi) is 2.98. The predicted octanol–water partition coefficient (Wildman–Crippen LogP) is 1.71. The van der Waals surface area contributed by atoms with Crippen molar-refractivity contribution in [1.82, 2.24) is 20.0 Å². The molecule has 2 aromatic heterocycles. The Morgan fingerprint density at radius 2 is 2.05 bits per heavy atom. The summed E-state index contributed by atoms with van der Waals surface area (Å²) in [5.74, 6) is 0. The highest BCUT2D eigenvalue weighted by Gasteiger charge is 2.23. The van der Waals surface area contributed by atoms with Crippen molar-refractivity contribution < 1.29 is 8.42 Å². The quantitative estimate of drug-likeness (QED) is 0.770. The summed E-state index contributed by atoms with van der Waals surface area (Å²) < 4.78 is 29.2. The third kappa shape index (κ3) is 2.27. The summed E-state index contributed by atoms with van der Waals surface area (Å²) in [5.41, 5.74) is 2.33. The Balaban J connectivity index is 2.02. The Hall–Kier alpha value is -2.35. The molecule has 2 heterocycles. The van der Waals surface area contributed by atoms with Gasteiger partial charge in [-0.1, -0.05) is 0 Å². The number of hydrogen-bond acceptors (Lipinski definition) is 4. The lowest BCUT2D eigenvalue weighted by Gasteiger charge is -2.08. The van der Waals surface area contributed by atoms with Crippen LogP contribution in [0.25, 0.3) is 10.9 Å². The molecular weight excluding hydrogens is 290 g/mol. The number of benzene rings is 1. The number of rotatable bonds is 3. The first-order chi connectivity index (χ1) is 9.88. The normalized spacial score (nSPS) is 12.0. The fourth-order valence-electron chi connectivity index (χ4n) is 2.35. The van der Waals surface area contributed by atoms with Crippen LogP contribution in [0.15, 0.2) is 29.3 Å².